The normalized spacial score (nSPS) is 22.0. The number of aromatic amines is 1. The molecule has 0 radical (unpaired) electrons. The van der Waals surface area contributed by atoms with E-state index in [0.29, 0.717) is 65.8 Å². The van der Waals surface area contributed by atoms with Gasteiger partial charge in [-0.15, -0.1) is 16.4 Å². The number of amides is 1. The average Bonchev–Trinajstić information content (AvgIpc) is 3.86. The van der Waals surface area contributed by atoms with Crippen molar-refractivity contribution < 1.29 is 19.1 Å². The second-order valence-electron chi connectivity index (χ2n) is 11.2. The van der Waals surface area contributed by atoms with E-state index in [-0.39, 0.29) is 29.8 Å². The number of allylic oxidation sites excluding steroid dienone is 2. The van der Waals surface area contributed by atoms with Crippen molar-refractivity contribution in [2.24, 2.45) is 5.92 Å². The maximum atomic E-state index is 14.0. The van der Waals surface area contributed by atoms with Gasteiger partial charge in [-0.05, 0) is 59.2 Å². The molecular weight excluding hydrogens is 639 g/mol. The van der Waals surface area contributed by atoms with Crippen LogP contribution in [-0.2, 0) is 14.3 Å². The smallest absolute Gasteiger partial charge is 0.348 e. The number of benzene rings is 1. The van der Waals surface area contributed by atoms with E-state index in [0.717, 1.165) is 34.9 Å². The minimum absolute atomic E-state index is 0.00468. The van der Waals surface area contributed by atoms with Crippen molar-refractivity contribution in [3.05, 3.63) is 74.9 Å². The third-order valence-corrected chi connectivity index (χ3v) is 10.1. The van der Waals surface area contributed by atoms with E-state index in [9.17, 15) is 9.59 Å². The first kappa shape index (κ1) is 30.1. The lowest BCUT2D eigenvalue weighted by Gasteiger charge is -2.36. The van der Waals surface area contributed by atoms with Gasteiger partial charge >= 0.3 is 5.97 Å². The molecule has 2 saturated heterocycles. The fourth-order valence-electron chi connectivity index (χ4n) is 6.24. The van der Waals surface area contributed by atoms with E-state index in [1.807, 2.05) is 30.0 Å². The summed E-state index contributed by atoms with van der Waals surface area (Å²) in [4.78, 5) is 40.0. The Kier molecular flexibility index (Phi) is 8.44. The molecule has 45 heavy (non-hydrogen) atoms. The monoisotopic (exact) mass is 668 g/mol. The van der Waals surface area contributed by atoms with Crippen LogP contribution in [0.15, 0.2) is 48.4 Å². The number of tetrazole rings is 1. The average molecular weight is 670 g/mol. The molecule has 3 aliphatic heterocycles. The summed E-state index contributed by atoms with van der Waals surface area (Å²) in [6.45, 7) is 5.99. The van der Waals surface area contributed by atoms with Crippen LogP contribution in [0.1, 0.15) is 52.8 Å². The third-order valence-electron chi connectivity index (χ3n) is 8.56. The molecule has 4 aromatic rings. The minimum atomic E-state index is -0.373. The number of fused-ring (bicyclic) bond motifs is 1. The third kappa shape index (κ3) is 5.90. The molecule has 3 aromatic heterocycles. The van der Waals surface area contributed by atoms with Crippen LogP contribution in [0.4, 0.5) is 0 Å². The van der Waals surface area contributed by atoms with Crippen LogP contribution in [0.2, 0.25) is 10.2 Å². The summed E-state index contributed by atoms with van der Waals surface area (Å²) in [5.41, 5.74) is 3.13. The minimum Gasteiger partial charge on any atom is -0.460 e. The Labute approximate surface area is 272 Å². The molecule has 12 nitrogen and oxygen atoms in total. The van der Waals surface area contributed by atoms with Crippen molar-refractivity contribution in [3.63, 3.8) is 0 Å². The number of hydrogen-bond donors (Lipinski definition) is 1. The van der Waals surface area contributed by atoms with Gasteiger partial charge in [-0.25, -0.2) is 14.5 Å². The number of carbonyl (C=O) groups is 2. The number of nitrogens with one attached hydrogen (secondary N) is 1. The molecule has 2 fully saturated rings. The van der Waals surface area contributed by atoms with Crippen LogP contribution < -0.4 is 0 Å². The lowest BCUT2D eigenvalue weighted by atomic mass is 9.82. The summed E-state index contributed by atoms with van der Waals surface area (Å²) in [6, 6.07) is 8.78. The number of H-pyrrole nitrogens is 1. The van der Waals surface area contributed by atoms with Gasteiger partial charge in [0.2, 0.25) is 5.91 Å². The molecule has 234 valence electrons. The largest absolute Gasteiger partial charge is 0.460 e. The molecule has 0 spiro atoms. The summed E-state index contributed by atoms with van der Waals surface area (Å²) in [6.07, 6.45) is 5.07. The molecule has 15 heteroatoms. The summed E-state index contributed by atoms with van der Waals surface area (Å²) >= 11 is 14.3. The fraction of sp³-hybridized carbons (Fsp3) is 0.400. The number of imidazole rings is 1. The molecule has 3 aliphatic rings. The zero-order valence-electron chi connectivity index (χ0n) is 24.4. The van der Waals surface area contributed by atoms with Crippen LogP contribution in [0.3, 0.4) is 0 Å². The number of rotatable bonds is 8. The van der Waals surface area contributed by atoms with Crippen molar-refractivity contribution in [2.75, 3.05) is 39.5 Å². The summed E-state index contributed by atoms with van der Waals surface area (Å²) < 4.78 is 12.5. The fourth-order valence-corrected chi connectivity index (χ4v) is 7.61. The summed E-state index contributed by atoms with van der Waals surface area (Å²) in [5, 5.41) is 12.5. The first-order valence-corrected chi connectivity index (χ1v) is 16.3. The summed E-state index contributed by atoms with van der Waals surface area (Å²) in [7, 11) is 0. The Balaban J connectivity index is 1.08. The van der Waals surface area contributed by atoms with Gasteiger partial charge in [-0.1, -0.05) is 36.2 Å². The highest BCUT2D eigenvalue weighted by Gasteiger charge is 2.44. The lowest BCUT2D eigenvalue weighted by Crippen LogP contribution is -2.39. The summed E-state index contributed by atoms with van der Waals surface area (Å²) in [5.74, 6) is -0.355. The maximum absolute atomic E-state index is 14.0. The maximum Gasteiger partial charge on any atom is 0.348 e. The molecule has 3 atom stereocenters. The lowest BCUT2D eigenvalue weighted by molar-refractivity contribution is -0.135. The Morgan fingerprint density at radius 3 is 2.84 bits per heavy atom. The van der Waals surface area contributed by atoms with E-state index in [4.69, 9.17) is 37.7 Å². The number of morpholine rings is 1. The van der Waals surface area contributed by atoms with Crippen LogP contribution >= 0.6 is 34.5 Å². The predicted octanol–water partition coefficient (Wildman–Crippen LogP) is 4.89. The van der Waals surface area contributed by atoms with E-state index in [2.05, 4.69) is 31.5 Å². The Bertz CT molecular complexity index is 1750. The number of hydrogen-bond acceptors (Lipinski definition) is 10. The zero-order valence-corrected chi connectivity index (χ0v) is 26.7. The van der Waals surface area contributed by atoms with Gasteiger partial charge in [0.1, 0.15) is 34.5 Å². The van der Waals surface area contributed by atoms with Crippen LogP contribution in [0.5, 0.6) is 0 Å². The molecule has 1 unspecified atom stereocenters. The predicted molar refractivity (Wildman–Crippen MR) is 167 cm³/mol. The molecular formula is C30H30Cl2N8O4S. The first-order valence-electron chi connectivity index (χ1n) is 14.8. The second kappa shape index (κ2) is 12.6. The topological polar surface area (TPSA) is 131 Å². The van der Waals surface area contributed by atoms with Gasteiger partial charge in [-0.3, -0.25) is 9.69 Å². The molecule has 1 aromatic carbocycles. The Hall–Kier alpha value is -3.62. The van der Waals surface area contributed by atoms with Crippen molar-refractivity contribution in [3.8, 4) is 16.3 Å². The number of halogens is 2. The van der Waals surface area contributed by atoms with Crippen molar-refractivity contribution in [1.82, 2.24) is 40.0 Å². The van der Waals surface area contributed by atoms with Gasteiger partial charge in [-0.2, -0.15) is 0 Å². The van der Waals surface area contributed by atoms with E-state index >= 15 is 0 Å². The number of thiophene rings is 1. The molecule has 7 rings (SSSR count). The van der Waals surface area contributed by atoms with Crippen molar-refractivity contribution in [2.45, 2.75) is 31.7 Å². The van der Waals surface area contributed by atoms with Crippen molar-refractivity contribution in [1.29, 1.82) is 0 Å². The van der Waals surface area contributed by atoms with E-state index in [1.54, 1.807) is 16.8 Å². The van der Waals surface area contributed by atoms with Crippen LogP contribution in [0, 0.1) is 5.92 Å². The van der Waals surface area contributed by atoms with Crippen LogP contribution in [0.25, 0.3) is 16.3 Å². The van der Waals surface area contributed by atoms with Gasteiger partial charge in [0.15, 0.2) is 0 Å². The van der Waals surface area contributed by atoms with Gasteiger partial charge in [0, 0.05) is 42.2 Å². The van der Waals surface area contributed by atoms with E-state index < -0.39 is 0 Å². The second-order valence-corrected chi connectivity index (χ2v) is 13.1. The molecule has 0 bridgehead atoms. The van der Waals surface area contributed by atoms with Gasteiger partial charge in [0.25, 0.3) is 0 Å². The molecule has 1 amide bonds. The highest BCUT2D eigenvalue weighted by Crippen LogP contribution is 2.47. The molecule has 0 saturated carbocycles. The Morgan fingerprint density at radius 1 is 1.20 bits per heavy atom. The molecule has 0 aliphatic carbocycles. The van der Waals surface area contributed by atoms with Crippen molar-refractivity contribution >= 4 is 46.4 Å². The highest BCUT2D eigenvalue weighted by molar-refractivity contribution is 7.17. The standard InChI is InChI=1S/C30H30Cl2N8O4S/c1-17-20(21-14-18(31)2-4-22(21)39-16-33-36-37-39)15-19-3-5-23(40(19)29(17)41)28-34-26(27(32)35-28)24-6-7-25(45-24)30(42)44-13-10-38-8-11-43-12-9-38/h2,4,6-7,14-17,20,23H,3,5,8-13H2,1H3,(H,34,35)/t17-,20?,23+/m1/s1. The molecule has 6 heterocycles. The molecule has 1 N–H and O–H groups in total. The van der Waals surface area contributed by atoms with Crippen LogP contribution in [-0.4, -0.2) is 91.3 Å². The van der Waals surface area contributed by atoms with Gasteiger partial charge < -0.3 is 19.4 Å². The van der Waals surface area contributed by atoms with Gasteiger partial charge in [0.05, 0.1) is 29.8 Å². The number of aromatic nitrogens is 6. The quantitative estimate of drug-likeness (QED) is 0.261. The highest BCUT2D eigenvalue weighted by atomic mass is 35.5. The first-order chi connectivity index (χ1) is 21.9. The van der Waals surface area contributed by atoms with E-state index in [1.165, 1.54) is 17.7 Å². The zero-order chi connectivity index (χ0) is 31.1. The number of esters is 1. The number of carbonyl (C=O) groups excluding carboxylic acids is 2. The number of nitrogens with zero attached hydrogens (tertiary/aromatic N) is 7. The number of ether oxygens (including phenoxy) is 2. The SMILES string of the molecule is C[C@H]1C(=O)N2C(=CC1c1cc(Cl)ccc1-n1cnnn1)CC[C@H]2c1nc(-c2ccc(C(=O)OCCN3CCOCC3)s2)c(Cl)[nH]1. The Morgan fingerprint density at radius 2 is 2.04 bits per heavy atom.